The Morgan fingerprint density at radius 2 is 2.15 bits per heavy atom. The summed E-state index contributed by atoms with van der Waals surface area (Å²) in [7, 11) is 0. The molecule has 1 aromatic carbocycles. The molecule has 1 aliphatic carbocycles. The van der Waals surface area contributed by atoms with E-state index in [1.165, 1.54) is 0 Å². The van der Waals surface area contributed by atoms with Crippen LogP contribution >= 0.6 is 0 Å². The highest BCUT2D eigenvalue weighted by Crippen LogP contribution is 2.32. The van der Waals surface area contributed by atoms with E-state index in [0.717, 1.165) is 42.3 Å². The molecule has 0 saturated heterocycles. The van der Waals surface area contributed by atoms with Crippen molar-refractivity contribution in [2.75, 3.05) is 0 Å². The summed E-state index contributed by atoms with van der Waals surface area (Å²) in [5, 5.41) is 11.2. The molecule has 3 rings (SSSR count). The number of ether oxygens (including phenoxy) is 1. The molecule has 106 valence electrons. The molecule has 20 heavy (non-hydrogen) atoms. The highest BCUT2D eigenvalue weighted by atomic mass is 16.5. The highest BCUT2D eigenvalue weighted by molar-refractivity contribution is 5.84. The van der Waals surface area contributed by atoms with Crippen molar-refractivity contribution in [2.24, 2.45) is 5.92 Å². The maximum atomic E-state index is 10.2. The minimum atomic E-state index is -0.357. The zero-order valence-electron chi connectivity index (χ0n) is 11.8. The fourth-order valence-corrected chi connectivity index (χ4v) is 3.03. The van der Waals surface area contributed by atoms with Gasteiger partial charge in [0.15, 0.2) is 0 Å². The topological polar surface area (TPSA) is 42.4 Å². The molecule has 1 aliphatic rings. The van der Waals surface area contributed by atoms with Crippen LogP contribution in [0.4, 0.5) is 0 Å². The van der Waals surface area contributed by atoms with Gasteiger partial charge in [0.2, 0.25) is 0 Å². The molecule has 0 radical (unpaired) electrons. The SMILES string of the molecule is CCC1CCC(O)C(Oc2cccc3ncccc23)C1. The van der Waals surface area contributed by atoms with Crippen molar-refractivity contribution in [1.29, 1.82) is 0 Å². The van der Waals surface area contributed by atoms with Gasteiger partial charge in [-0.05, 0) is 49.4 Å². The second kappa shape index (κ2) is 5.80. The number of aliphatic hydroxyl groups excluding tert-OH is 1. The Balaban J connectivity index is 1.85. The quantitative estimate of drug-likeness (QED) is 0.928. The molecule has 0 aliphatic heterocycles. The lowest BCUT2D eigenvalue weighted by Crippen LogP contribution is -2.38. The first-order valence-corrected chi connectivity index (χ1v) is 7.46. The summed E-state index contributed by atoms with van der Waals surface area (Å²) in [4.78, 5) is 4.34. The third-order valence-corrected chi connectivity index (χ3v) is 4.33. The highest BCUT2D eigenvalue weighted by Gasteiger charge is 2.30. The summed E-state index contributed by atoms with van der Waals surface area (Å²) in [5.41, 5.74) is 0.933. The number of aromatic nitrogens is 1. The Bertz CT molecular complexity index is 579. The van der Waals surface area contributed by atoms with E-state index in [9.17, 15) is 5.11 Å². The van der Waals surface area contributed by atoms with Crippen molar-refractivity contribution in [1.82, 2.24) is 4.98 Å². The number of aliphatic hydroxyl groups is 1. The van der Waals surface area contributed by atoms with Gasteiger partial charge >= 0.3 is 0 Å². The van der Waals surface area contributed by atoms with Crippen LogP contribution in [0.3, 0.4) is 0 Å². The Morgan fingerprint density at radius 1 is 1.25 bits per heavy atom. The molecule has 1 saturated carbocycles. The van der Waals surface area contributed by atoms with Gasteiger partial charge in [-0.3, -0.25) is 4.98 Å². The summed E-state index contributed by atoms with van der Waals surface area (Å²) in [5.74, 6) is 1.49. The van der Waals surface area contributed by atoms with Crippen molar-refractivity contribution >= 4 is 10.9 Å². The number of fused-ring (bicyclic) bond motifs is 1. The van der Waals surface area contributed by atoms with Gasteiger partial charge in [0.25, 0.3) is 0 Å². The Hall–Kier alpha value is -1.61. The maximum absolute atomic E-state index is 10.2. The molecule has 3 unspecified atom stereocenters. The van der Waals surface area contributed by atoms with Crippen LogP contribution < -0.4 is 4.74 Å². The molecule has 3 heteroatoms. The molecular weight excluding hydrogens is 250 g/mol. The molecule has 0 spiro atoms. The van der Waals surface area contributed by atoms with E-state index in [-0.39, 0.29) is 12.2 Å². The molecule has 2 aromatic rings. The van der Waals surface area contributed by atoms with Crippen LogP contribution in [-0.4, -0.2) is 22.3 Å². The van der Waals surface area contributed by atoms with Crippen LogP contribution in [0.2, 0.25) is 0 Å². The lowest BCUT2D eigenvalue weighted by atomic mass is 9.84. The van der Waals surface area contributed by atoms with Gasteiger partial charge in [0.1, 0.15) is 11.9 Å². The van der Waals surface area contributed by atoms with Crippen molar-refractivity contribution in [3.05, 3.63) is 36.5 Å². The third-order valence-electron chi connectivity index (χ3n) is 4.33. The first-order valence-electron chi connectivity index (χ1n) is 7.46. The normalized spacial score (nSPS) is 26.6. The van der Waals surface area contributed by atoms with Gasteiger partial charge in [-0.25, -0.2) is 0 Å². The van der Waals surface area contributed by atoms with Crippen molar-refractivity contribution in [3.63, 3.8) is 0 Å². The molecule has 3 nitrogen and oxygen atoms in total. The third kappa shape index (κ3) is 2.63. The largest absolute Gasteiger partial charge is 0.487 e. The summed E-state index contributed by atoms with van der Waals surface area (Å²) < 4.78 is 6.12. The van der Waals surface area contributed by atoms with E-state index in [1.807, 2.05) is 30.3 Å². The summed E-state index contributed by atoms with van der Waals surface area (Å²) in [6.45, 7) is 2.21. The van der Waals surface area contributed by atoms with Gasteiger partial charge in [-0.2, -0.15) is 0 Å². The zero-order chi connectivity index (χ0) is 13.9. The van der Waals surface area contributed by atoms with Crippen molar-refractivity contribution in [3.8, 4) is 5.75 Å². The molecule has 1 fully saturated rings. The Kier molecular flexibility index (Phi) is 3.88. The summed E-state index contributed by atoms with van der Waals surface area (Å²) in [6.07, 6.45) is 5.37. The van der Waals surface area contributed by atoms with Crippen LogP contribution in [0.25, 0.3) is 10.9 Å². The van der Waals surface area contributed by atoms with Gasteiger partial charge in [0.05, 0.1) is 11.6 Å². The van der Waals surface area contributed by atoms with Gasteiger partial charge in [-0.15, -0.1) is 0 Å². The summed E-state index contributed by atoms with van der Waals surface area (Å²) in [6, 6.07) is 9.84. The molecule has 0 amide bonds. The van der Waals surface area contributed by atoms with E-state index in [4.69, 9.17) is 4.74 Å². The van der Waals surface area contributed by atoms with Crippen LogP contribution in [0.15, 0.2) is 36.5 Å². The lowest BCUT2D eigenvalue weighted by molar-refractivity contribution is -0.0101. The minimum Gasteiger partial charge on any atom is -0.487 e. The maximum Gasteiger partial charge on any atom is 0.129 e. The van der Waals surface area contributed by atoms with Gasteiger partial charge in [-0.1, -0.05) is 19.4 Å². The second-order valence-electron chi connectivity index (χ2n) is 5.64. The molecule has 1 aromatic heterocycles. The number of hydrogen-bond donors (Lipinski definition) is 1. The fraction of sp³-hybridized carbons (Fsp3) is 0.471. The number of nitrogens with zero attached hydrogens (tertiary/aromatic N) is 1. The smallest absolute Gasteiger partial charge is 0.129 e. The van der Waals surface area contributed by atoms with Crippen molar-refractivity contribution < 1.29 is 9.84 Å². The van der Waals surface area contributed by atoms with E-state index in [1.54, 1.807) is 6.20 Å². The van der Waals surface area contributed by atoms with E-state index in [2.05, 4.69) is 11.9 Å². The van der Waals surface area contributed by atoms with Gasteiger partial charge < -0.3 is 9.84 Å². The van der Waals surface area contributed by atoms with Crippen LogP contribution in [0.5, 0.6) is 5.75 Å². The van der Waals surface area contributed by atoms with Crippen molar-refractivity contribution in [2.45, 2.75) is 44.8 Å². The average Bonchev–Trinajstić information content (AvgIpc) is 2.50. The first-order chi connectivity index (χ1) is 9.78. The minimum absolute atomic E-state index is 0.0977. The number of pyridine rings is 1. The number of rotatable bonds is 3. The summed E-state index contributed by atoms with van der Waals surface area (Å²) >= 11 is 0. The second-order valence-corrected chi connectivity index (χ2v) is 5.64. The van der Waals surface area contributed by atoms with Crippen LogP contribution in [0, 0.1) is 5.92 Å². The van der Waals surface area contributed by atoms with Crippen LogP contribution in [0.1, 0.15) is 32.6 Å². The average molecular weight is 271 g/mol. The molecular formula is C17H21NO2. The molecule has 3 atom stereocenters. The molecule has 1 N–H and O–H groups in total. The fourth-order valence-electron chi connectivity index (χ4n) is 3.03. The predicted molar refractivity (Wildman–Crippen MR) is 79.8 cm³/mol. The monoisotopic (exact) mass is 271 g/mol. The zero-order valence-corrected chi connectivity index (χ0v) is 11.8. The first kappa shape index (κ1) is 13.4. The molecule has 0 bridgehead atoms. The van der Waals surface area contributed by atoms with Gasteiger partial charge in [0, 0.05) is 11.6 Å². The molecule has 1 heterocycles. The van der Waals surface area contributed by atoms with E-state index < -0.39 is 0 Å². The Labute approximate surface area is 119 Å². The number of benzene rings is 1. The van der Waals surface area contributed by atoms with E-state index in [0.29, 0.717) is 5.92 Å². The standard InChI is InChI=1S/C17H21NO2/c1-2-12-8-9-15(19)17(11-12)20-16-7-3-6-14-13(16)5-4-10-18-14/h3-7,10,12,15,17,19H,2,8-9,11H2,1H3. The Morgan fingerprint density at radius 3 is 3.00 bits per heavy atom. The predicted octanol–water partition coefficient (Wildman–Crippen LogP) is 3.55. The number of hydrogen-bond acceptors (Lipinski definition) is 3. The lowest BCUT2D eigenvalue weighted by Gasteiger charge is -2.33. The van der Waals surface area contributed by atoms with E-state index >= 15 is 0 Å². The van der Waals surface area contributed by atoms with Crippen LogP contribution in [-0.2, 0) is 0 Å².